The highest BCUT2D eigenvalue weighted by Crippen LogP contribution is 2.30. The summed E-state index contributed by atoms with van der Waals surface area (Å²) in [6.45, 7) is 2.00. The van der Waals surface area contributed by atoms with Crippen LogP contribution in [-0.2, 0) is 0 Å². The predicted molar refractivity (Wildman–Crippen MR) is 105 cm³/mol. The third-order valence-corrected chi connectivity index (χ3v) is 4.58. The van der Waals surface area contributed by atoms with Crippen molar-refractivity contribution in [1.82, 2.24) is 15.6 Å². The number of nitrogens with one attached hydrogen (secondary N) is 1. The number of hydrazine groups is 2. The van der Waals surface area contributed by atoms with Gasteiger partial charge in [-0.1, -0.05) is 30.3 Å². The van der Waals surface area contributed by atoms with Crippen molar-refractivity contribution >= 4 is 17.3 Å². The highest BCUT2D eigenvalue weighted by molar-refractivity contribution is 6.13. The van der Waals surface area contributed by atoms with E-state index in [0.717, 1.165) is 22.8 Å². The number of rotatable bonds is 3. The van der Waals surface area contributed by atoms with E-state index in [-0.39, 0.29) is 11.5 Å². The van der Waals surface area contributed by atoms with Gasteiger partial charge in [-0.05, 0) is 36.2 Å². The predicted octanol–water partition coefficient (Wildman–Crippen LogP) is 3.45. The number of hydrogen-bond donors (Lipinski definition) is 2. The van der Waals surface area contributed by atoms with Crippen molar-refractivity contribution < 1.29 is 8.78 Å². The highest BCUT2D eigenvalue weighted by Gasteiger charge is 2.30. The van der Waals surface area contributed by atoms with Crippen molar-refractivity contribution in [1.29, 1.82) is 0 Å². The number of hydrazone groups is 1. The molecule has 1 aliphatic heterocycles. The van der Waals surface area contributed by atoms with Gasteiger partial charge in [-0.15, -0.1) is 10.2 Å². The van der Waals surface area contributed by atoms with Crippen LogP contribution in [0.15, 0.2) is 59.8 Å². The van der Waals surface area contributed by atoms with E-state index in [0.29, 0.717) is 11.4 Å². The lowest BCUT2D eigenvalue weighted by atomic mass is 10.0. The second-order valence-electron chi connectivity index (χ2n) is 6.42. The summed E-state index contributed by atoms with van der Waals surface area (Å²) >= 11 is 0. The van der Waals surface area contributed by atoms with Crippen LogP contribution in [-0.4, -0.2) is 23.0 Å². The van der Waals surface area contributed by atoms with E-state index in [2.05, 4.69) is 15.6 Å². The van der Waals surface area contributed by atoms with Crippen LogP contribution in [0.4, 0.5) is 20.3 Å². The number of aryl methyl sites for hydroxylation is 1. The first kappa shape index (κ1) is 17.9. The lowest BCUT2D eigenvalue weighted by Crippen LogP contribution is -2.44. The molecular formula is C20H18F2N6. The van der Waals surface area contributed by atoms with Crippen LogP contribution < -0.4 is 16.3 Å². The number of pyridine rings is 1. The Bertz CT molecular complexity index is 1080. The van der Waals surface area contributed by atoms with Crippen molar-refractivity contribution in [3.05, 3.63) is 77.5 Å². The molecule has 0 radical (unpaired) electrons. The largest absolute Gasteiger partial charge is 0.383 e. The fraction of sp³-hybridized carbons (Fsp3) is 0.100. The van der Waals surface area contributed by atoms with Gasteiger partial charge >= 0.3 is 0 Å². The van der Waals surface area contributed by atoms with E-state index in [4.69, 9.17) is 5.73 Å². The number of nitrogen functional groups attached to an aromatic ring is 1. The van der Waals surface area contributed by atoms with Crippen LogP contribution in [0.1, 0.15) is 11.1 Å². The third-order valence-electron chi connectivity index (χ3n) is 4.58. The monoisotopic (exact) mass is 380 g/mol. The zero-order valence-corrected chi connectivity index (χ0v) is 15.3. The van der Waals surface area contributed by atoms with Gasteiger partial charge in [-0.3, -0.25) is 0 Å². The SMILES string of the molecule is Cc1ccccc1-c1cnc(N)c(C2=NNN(C)N2c2cccc(F)c2F)c1. The first-order valence-electron chi connectivity index (χ1n) is 8.60. The van der Waals surface area contributed by atoms with E-state index in [1.165, 1.54) is 22.3 Å². The Morgan fingerprint density at radius 3 is 2.61 bits per heavy atom. The van der Waals surface area contributed by atoms with Crippen LogP contribution >= 0.6 is 0 Å². The number of anilines is 2. The summed E-state index contributed by atoms with van der Waals surface area (Å²) in [5.41, 5.74) is 12.3. The van der Waals surface area contributed by atoms with E-state index in [1.807, 2.05) is 37.3 Å². The molecule has 0 amide bonds. The minimum absolute atomic E-state index is 0.00643. The molecule has 0 atom stereocenters. The second kappa shape index (κ2) is 6.90. The maximum Gasteiger partial charge on any atom is 0.184 e. The summed E-state index contributed by atoms with van der Waals surface area (Å²) < 4.78 is 28.2. The number of aromatic nitrogens is 1. The Kier molecular flexibility index (Phi) is 4.40. The summed E-state index contributed by atoms with van der Waals surface area (Å²) in [6.07, 6.45) is 1.68. The summed E-state index contributed by atoms with van der Waals surface area (Å²) in [5, 5.41) is 7.09. The van der Waals surface area contributed by atoms with Gasteiger partial charge in [0.25, 0.3) is 0 Å². The fourth-order valence-corrected chi connectivity index (χ4v) is 3.16. The summed E-state index contributed by atoms with van der Waals surface area (Å²) in [5.74, 6) is -1.38. The van der Waals surface area contributed by atoms with Gasteiger partial charge in [0.05, 0.1) is 5.56 Å². The molecule has 0 fully saturated rings. The molecule has 0 unspecified atom stereocenters. The topological polar surface area (TPSA) is 69.8 Å². The molecule has 142 valence electrons. The molecule has 2 aromatic carbocycles. The minimum atomic E-state index is -0.979. The number of benzene rings is 2. The number of nitrogens with zero attached hydrogens (tertiary/aromatic N) is 4. The van der Waals surface area contributed by atoms with Crippen LogP contribution in [0.5, 0.6) is 0 Å². The van der Waals surface area contributed by atoms with Crippen molar-refractivity contribution in [3.8, 4) is 11.1 Å². The maximum atomic E-state index is 14.4. The van der Waals surface area contributed by atoms with Crippen LogP contribution in [0.25, 0.3) is 11.1 Å². The van der Waals surface area contributed by atoms with E-state index in [1.54, 1.807) is 13.2 Å². The summed E-state index contributed by atoms with van der Waals surface area (Å²) in [6, 6.07) is 13.7. The Labute approximate surface area is 160 Å². The maximum absolute atomic E-state index is 14.4. The van der Waals surface area contributed by atoms with E-state index in [9.17, 15) is 8.78 Å². The van der Waals surface area contributed by atoms with Gasteiger partial charge in [0, 0.05) is 18.8 Å². The van der Waals surface area contributed by atoms with Crippen molar-refractivity contribution in [2.45, 2.75) is 6.92 Å². The molecule has 0 bridgehead atoms. The van der Waals surface area contributed by atoms with Gasteiger partial charge in [-0.25, -0.2) is 24.3 Å². The van der Waals surface area contributed by atoms with Crippen molar-refractivity contribution in [2.75, 3.05) is 17.8 Å². The Morgan fingerprint density at radius 1 is 1.04 bits per heavy atom. The molecule has 0 saturated carbocycles. The fourth-order valence-electron chi connectivity index (χ4n) is 3.16. The summed E-state index contributed by atoms with van der Waals surface area (Å²) in [7, 11) is 1.63. The average Bonchev–Trinajstić information content (AvgIpc) is 3.06. The smallest absolute Gasteiger partial charge is 0.184 e. The van der Waals surface area contributed by atoms with Gasteiger partial charge in [0.15, 0.2) is 17.5 Å². The first-order chi connectivity index (χ1) is 13.5. The molecule has 28 heavy (non-hydrogen) atoms. The molecule has 8 heteroatoms. The highest BCUT2D eigenvalue weighted by atomic mass is 19.2. The molecule has 6 nitrogen and oxygen atoms in total. The molecular weight excluding hydrogens is 362 g/mol. The molecule has 1 aromatic heterocycles. The zero-order chi connectivity index (χ0) is 19.8. The minimum Gasteiger partial charge on any atom is -0.383 e. The Morgan fingerprint density at radius 2 is 1.82 bits per heavy atom. The average molecular weight is 380 g/mol. The molecule has 0 aliphatic carbocycles. The molecule has 3 aromatic rings. The van der Waals surface area contributed by atoms with Gasteiger partial charge in [-0.2, -0.15) is 0 Å². The van der Waals surface area contributed by atoms with Gasteiger partial charge < -0.3 is 5.73 Å². The number of hydrogen-bond acceptors (Lipinski definition) is 6. The lowest BCUT2D eigenvalue weighted by molar-refractivity contribution is 0.275. The van der Waals surface area contributed by atoms with Gasteiger partial charge in [0.2, 0.25) is 0 Å². The van der Waals surface area contributed by atoms with Crippen molar-refractivity contribution in [2.24, 2.45) is 5.10 Å². The normalized spacial score (nSPS) is 14.1. The molecule has 0 spiro atoms. The number of amidine groups is 1. The number of nitrogens with two attached hydrogens (primary N) is 1. The Hall–Kier alpha value is -3.52. The van der Waals surface area contributed by atoms with Crippen LogP contribution in [0.2, 0.25) is 0 Å². The molecule has 0 saturated heterocycles. The summed E-state index contributed by atoms with van der Waals surface area (Å²) in [4.78, 5) is 4.29. The zero-order valence-electron chi connectivity index (χ0n) is 15.3. The first-order valence-corrected chi connectivity index (χ1v) is 8.60. The van der Waals surface area contributed by atoms with Crippen molar-refractivity contribution in [3.63, 3.8) is 0 Å². The number of halogens is 2. The van der Waals surface area contributed by atoms with Crippen LogP contribution in [0, 0.1) is 18.6 Å². The quantitative estimate of drug-likeness (QED) is 0.728. The molecule has 3 N–H and O–H groups in total. The van der Waals surface area contributed by atoms with Crippen LogP contribution in [0.3, 0.4) is 0 Å². The standard InChI is InChI=1S/C20H18F2N6/c1-12-6-3-4-7-14(12)13-10-15(19(23)24-11-13)20-25-26-27(2)28(20)17-9-5-8-16(21)18(17)22/h3-11,26H,1-2H3,(H2,23,24). The van der Waals surface area contributed by atoms with E-state index >= 15 is 0 Å². The third kappa shape index (κ3) is 2.93. The van der Waals surface area contributed by atoms with Gasteiger partial charge in [0.1, 0.15) is 11.5 Å². The molecule has 4 rings (SSSR count). The molecule has 1 aliphatic rings. The molecule has 2 heterocycles. The Balaban J connectivity index is 1.83. The lowest BCUT2D eigenvalue weighted by Gasteiger charge is -2.26. The second-order valence-corrected chi connectivity index (χ2v) is 6.42. The van der Waals surface area contributed by atoms with E-state index < -0.39 is 11.6 Å².